The molecule has 30 heavy (non-hydrogen) atoms. The van der Waals surface area contributed by atoms with E-state index in [1.54, 1.807) is 0 Å². The van der Waals surface area contributed by atoms with Gasteiger partial charge in [-0.2, -0.15) is 0 Å². The fraction of sp³-hybridized carbons (Fsp3) is 0.200. The predicted molar refractivity (Wildman–Crippen MR) is 126 cm³/mol. The maximum Gasteiger partial charge on any atom is 0.0466 e. The summed E-state index contributed by atoms with van der Waals surface area (Å²) < 4.78 is 0. The second-order valence-electron chi connectivity index (χ2n) is 9.06. The molecule has 2 unspecified atom stereocenters. The lowest BCUT2D eigenvalue weighted by Crippen LogP contribution is -2.30. The molecule has 4 aromatic rings. The molecule has 0 N–H and O–H groups in total. The molecule has 148 valence electrons. The van der Waals surface area contributed by atoms with Crippen LogP contribution in [0.25, 0.3) is 0 Å². The Bertz CT molecular complexity index is 1170. The third-order valence-corrected chi connectivity index (χ3v) is 7.10. The summed E-state index contributed by atoms with van der Waals surface area (Å²) in [4.78, 5) is 0. The predicted octanol–water partition coefficient (Wildman–Crippen LogP) is 7.35. The van der Waals surface area contributed by atoms with Crippen LogP contribution in [-0.2, 0) is 10.8 Å². The van der Waals surface area contributed by atoms with Crippen LogP contribution in [0.2, 0.25) is 0 Å². The van der Waals surface area contributed by atoms with Gasteiger partial charge in [-0.3, -0.25) is 0 Å². The fourth-order valence-corrected chi connectivity index (χ4v) is 5.48. The van der Waals surface area contributed by atoms with Crippen LogP contribution in [0.15, 0.2) is 103 Å². The van der Waals surface area contributed by atoms with E-state index in [9.17, 15) is 0 Å². The molecule has 0 amide bonds. The second-order valence-corrected chi connectivity index (χ2v) is 9.06. The Morgan fingerprint density at radius 2 is 0.967 bits per heavy atom. The maximum atomic E-state index is 2.43. The Hall–Kier alpha value is -3.12. The number of benzene rings is 4. The molecule has 1 aliphatic rings. The first-order chi connectivity index (χ1) is 14.5. The van der Waals surface area contributed by atoms with Crippen LogP contribution in [0.5, 0.6) is 0 Å². The molecule has 0 heteroatoms. The lowest BCUT2D eigenvalue weighted by Gasteiger charge is -2.35. The van der Waals surface area contributed by atoms with Gasteiger partial charge in [0.2, 0.25) is 0 Å². The highest BCUT2D eigenvalue weighted by molar-refractivity contribution is 5.62. The van der Waals surface area contributed by atoms with Gasteiger partial charge in [0.25, 0.3) is 0 Å². The third-order valence-electron chi connectivity index (χ3n) is 7.10. The number of fused-ring (bicyclic) bond motifs is 1. The Balaban J connectivity index is 1.82. The van der Waals surface area contributed by atoms with Crippen LogP contribution in [0.4, 0.5) is 0 Å². The van der Waals surface area contributed by atoms with E-state index in [1.807, 2.05) is 0 Å². The molecule has 0 spiro atoms. The minimum atomic E-state index is -0.162. The highest BCUT2D eigenvalue weighted by Crippen LogP contribution is 2.58. The first-order valence-electron chi connectivity index (χ1n) is 10.8. The van der Waals surface area contributed by atoms with Crippen LogP contribution in [0, 0.1) is 13.8 Å². The zero-order chi connectivity index (χ0) is 20.8. The van der Waals surface area contributed by atoms with E-state index in [0.717, 1.165) is 6.42 Å². The van der Waals surface area contributed by atoms with Gasteiger partial charge in [-0.25, -0.2) is 0 Å². The molecule has 0 heterocycles. The van der Waals surface area contributed by atoms with Crippen molar-refractivity contribution in [2.45, 2.75) is 38.0 Å². The fourth-order valence-electron chi connectivity index (χ4n) is 5.48. The van der Waals surface area contributed by atoms with Gasteiger partial charge < -0.3 is 0 Å². The molecule has 5 rings (SSSR count). The Morgan fingerprint density at radius 1 is 0.500 bits per heavy atom. The topological polar surface area (TPSA) is 0 Å². The van der Waals surface area contributed by atoms with Crippen LogP contribution in [0.1, 0.15) is 52.3 Å². The zero-order valence-electron chi connectivity index (χ0n) is 18.0. The Labute approximate surface area is 180 Å². The molecule has 2 atom stereocenters. The standard InChI is InChI=1S/C30H28/c1-22-13-17-24(18-14-22)29(3)21-30(25-9-5-4-6-10-25,26-19-15-23(2)16-20-26)28-12-8-7-11-27(28)29/h4-20H,21H2,1-3H3. The molecule has 0 nitrogen and oxygen atoms in total. The lowest BCUT2D eigenvalue weighted by molar-refractivity contribution is 0.473. The maximum absolute atomic E-state index is 2.43. The summed E-state index contributed by atoms with van der Waals surface area (Å²) in [6.07, 6.45) is 1.02. The van der Waals surface area contributed by atoms with Crippen molar-refractivity contribution in [3.63, 3.8) is 0 Å². The number of rotatable bonds is 3. The molecular formula is C30H28. The average molecular weight is 389 g/mol. The van der Waals surface area contributed by atoms with Gasteiger partial charge in [-0.05, 0) is 48.1 Å². The van der Waals surface area contributed by atoms with Crippen molar-refractivity contribution in [1.29, 1.82) is 0 Å². The molecule has 0 bridgehead atoms. The molecule has 0 saturated heterocycles. The summed E-state index contributed by atoms with van der Waals surface area (Å²) in [7, 11) is 0. The minimum Gasteiger partial charge on any atom is -0.0622 e. The summed E-state index contributed by atoms with van der Waals surface area (Å²) in [5.74, 6) is 0. The molecule has 0 radical (unpaired) electrons. The number of hydrogen-bond acceptors (Lipinski definition) is 0. The van der Waals surface area contributed by atoms with E-state index >= 15 is 0 Å². The van der Waals surface area contributed by atoms with Crippen LogP contribution in [-0.4, -0.2) is 0 Å². The molecule has 0 saturated carbocycles. The van der Waals surface area contributed by atoms with E-state index < -0.39 is 0 Å². The van der Waals surface area contributed by atoms with Crippen molar-refractivity contribution in [2.75, 3.05) is 0 Å². The van der Waals surface area contributed by atoms with Gasteiger partial charge in [0, 0.05) is 10.8 Å². The van der Waals surface area contributed by atoms with Crippen molar-refractivity contribution in [3.8, 4) is 0 Å². The third kappa shape index (κ3) is 2.75. The SMILES string of the molecule is Cc1ccc(C2(C)CC(c3ccccc3)(c3ccc(C)cc3)c3ccccc32)cc1. The van der Waals surface area contributed by atoms with E-state index in [1.165, 1.54) is 38.9 Å². The normalized spacial score (nSPS) is 22.6. The first-order valence-corrected chi connectivity index (χ1v) is 10.8. The van der Waals surface area contributed by atoms with Gasteiger partial charge in [0.1, 0.15) is 0 Å². The smallest absolute Gasteiger partial charge is 0.0466 e. The van der Waals surface area contributed by atoms with Gasteiger partial charge in [0.15, 0.2) is 0 Å². The molecule has 0 aromatic heterocycles. The minimum absolute atomic E-state index is 0.0506. The molecule has 0 fully saturated rings. The van der Waals surface area contributed by atoms with E-state index in [-0.39, 0.29) is 10.8 Å². The quantitative estimate of drug-likeness (QED) is 0.344. The van der Waals surface area contributed by atoms with Crippen molar-refractivity contribution >= 4 is 0 Å². The first kappa shape index (κ1) is 18.9. The Morgan fingerprint density at radius 3 is 1.57 bits per heavy atom. The van der Waals surface area contributed by atoms with Crippen molar-refractivity contribution in [1.82, 2.24) is 0 Å². The number of hydrogen-bond donors (Lipinski definition) is 0. The lowest BCUT2D eigenvalue weighted by atomic mass is 9.67. The van der Waals surface area contributed by atoms with Crippen molar-refractivity contribution in [2.24, 2.45) is 0 Å². The summed E-state index contributed by atoms with van der Waals surface area (Å²) >= 11 is 0. The van der Waals surface area contributed by atoms with Crippen LogP contribution in [0.3, 0.4) is 0 Å². The second kappa shape index (κ2) is 6.99. The number of aryl methyl sites for hydroxylation is 2. The molecule has 0 aliphatic heterocycles. The van der Waals surface area contributed by atoms with E-state index in [0.29, 0.717) is 0 Å². The van der Waals surface area contributed by atoms with E-state index in [2.05, 4.69) is 124 Å². The summed E-state index contributed by atoms with van der Waals surface area (Å²) in [6, 6.07) is 38.5. The Kier molecular flexibility index (Phi) is 4.40. The van der Waals surface area contributed by atoms with E-state index in [4.69, 9.17) is 0 Å². The van der Waals surface area contributed by atoms with Crippen molar-refractivity contribution < 1.29 is 0 Å². The monoisotopic (exact) mass is 388 g/mol. The van der Waals surface area contributed by atoms with Crippen LogP contribution < -0.4 is 0 Å². The highest BCUT2D eigenvalue weighted by atomic mass is 14.5. The van der Waals surface area contributed by atoms with Gasteiger partial charge in [-0.15, -0.1) is 0 Å². The van der Waals surface area contributed by atoms with Gasteiger partial charge in [0.05, 0.1) is 0 Å². The summed E-state index contributed by atoms with van der Waals surface area (Å²) in [5, 5.41) is 0. The van der Waals surface area contributed by atoms with Gasteiger partial charge >= 0.3 is 0 Å². The average Bonchev–Trinajstić information content (AvgIpc) is 3.06. The highest BCUT2D eigenvalue weighted by Gasteiger charge is 2.52. The van der Waals surface area contributed by atoms with Crippen molar-refractivity contribution in [3.05, 3.63) is 142 Å². The van der Waals surface area contributed by atoms with Gasteiger partial charge in [-0.1, -0.05) is 121 Å². The largest absolute Gasteiger partial charge is 0.0622 e. The molecule has 4 aromatic carbocycles. The molecular weight excluding hydrogens is 360 g/mol. The summed E-state index contributed by atoms with van der Waals surface area (Å²) in [6.45, 7) is 6.75. The molecule has 1 aliphatic carbocycles. The summed E-state index contributed by atoms with van der Waals surface area (Å²) in [5.41, 5.74) is 9.42. The van der Waals surface area contributed by atoms with Crippen LogP contribution >= 0.6 is 0 Å². The zero-order valence-corrected chi connectivity index (χ0v) is 18.0.